The number of anilines is 1. The zero-order chi connectivity index (χ0) is 15.5. The van der Waals surface area contributed by atoms with Crippen molar-refractivity contribution in [3.63, 3.8) is 0 Å². The van der Waals surface area contributed by atoms with Gasteiger partial charge in [-0.1, -0.05) is 10.3 Å². The molecule has 22 heavy (non-hydrogen) atoms. The third-order valence-electron chi connectivity index (χ3n) is 2.84. The summed E-state index contributed by atoms with van der Waals surface area (Å²) in [5, 5.41) is 13.8. The zero-order valence-electron chi connectivity index (χ0n) is 11.9. The van der Waals surface area contributed by atoms with Crippen LogP contribution >= 0.6 is 11.8 Å². The highest BCUT2D eigenvalue weighted by Crippen LogP contribution is 2.23. The van der Waals surface area contributed by atoms with Gasteiger partial charge in [-0.2, -0.15) is 0 Å². The molecule has 7 nitrogen and oxygen atoms in total. The number of rotatable bonds is 4. The molecule has 0 unspecified atom stereocenters. The number of aromatic nitrogens is 3. The SMILES string of the molecule is CSc1ccc(-c2nnc(NC(=O)c3cc(C)on3)o2)cc1. The van der Waals surface area contributed by atoms with Crippen molar-refractivity contribution < 1.29 is 13.7 Å². The molecule has 0 radical (unpaired) electrons. The predicted octanol–water partition coefficient (Wildman–Crippen LogP) is 3.01. The molecule has 0 aliphatic heterocycles. The lowest BCUT2D eigenvalue weighted by Crippen LogP contribution is -2.12. The Morgan fingerprint density at radius 1 is 1.23 bits per heavy atom. The number of hydrogen-bond donors (Lipinski definition) is 1. The number of nitrogens with one attached hydrogen (secondary N) is 1. The van der Waals surface area contributed by atoms with Gasteiger partial charge < -0.3 is 8.94 Å². The highest BCUT2D eigenvalue weighted by atomic mass is 32.2. The molecule has 0 aliphatic carbocycles. The molecular weight excluding hydrogens is 304 g/mol. The number of nitrogens with zero attached hydrogens (tertiary/aromatic N) is 3. The number of carbonyl (C=O) groups excluding carboxylic acids is 1. The van der Waals surface area contributed by atoms with Crippen LogP contribution in [-0.2, 0) is 0 Å². The average Bonchev–Trinajstić information content (AvgIpc) is 3.16. The highest BCUT2D eigenvalue weighted by molar-refractivity contribution is 7.98. The van der Waals surface area contributed by atoms with Crippen molar-refractivity contribution in [1.29, 1.82) is 0 Å². The molecule has 3 rings (SSSR count). The largest absolute Gasteiger partial charge is 0.403 e. The maximum absolute atomic E-state index is 11.9. The summed E-state index contributed by atoms with van der Waals surface area (Å²) in [6.45, 7) is 1.70. The van der Waals surface area contributed by atoms with Crippen molar-refractivity contribution in [2.45, 2.75) is 11.8 Å². The molecule has 2 aromatic heterocycles. The third kappa shape index (κ3) is 3.01. The maximum Gasteiger partial charge on any atom is 0.322 e. The average molecular weight is 316 g/mol. The van der Waals surface area contributed by atoms with Gasteiger partial charge in [0.1, 0.15) is 5.76 Å². The van der Waals surface area contributed by atoms with E-state index in [1.165, 1.54) is 6.07 Å². The topological polar surface area (TPSA) is 94.1 Å². The summed E-state index contributed by atoms with van der Waals surface area (Å²) < 4.78 is 10.3. The molecule has 0 saturated carbocycles. The van der Waals surface area contributed by atoms with Crippen LogP contribution in [0.1, 0.15) is 16.2 Å². The Morgan fingerprint density at radius 3 is 2.64 bits per heavy atom. The van der Waals surface area contributed by atoms with Crippen molar-refractivity contribution in [2.75, 3.05) is 11.6 Å². The first-order chi connectivity index (χ1) is 10.7. The van der Waals surface area contributed by atoms with E-state index in [4.69, 9.17) is 8.94 Å². The molecule has 1 aromatic carbocycles. The molecule has 0 spiro atoms. The molecule has 8 heteroatoms. The fraction of sp³-hybridized carbons (Fsp3) is 0.143. The Labute approximate surface area is 130 Å². The lowest BCUT2D eigenvalue weighted by atomic mass is 10.2. The molecule has 3 aromatic rings. The van der Waals surface area contributed by atoms with E-state index in [-0.39, 0.29) is 11.7 Å². The van der Waals surface area contributed by atoms with Crippen LogP contribution in [0.4, 0.5) is 6.01 Å². The van der Waals surface area contributed by atoms with Gasteiger partial charge >= 0.3 is 6.01 Å². The van der Waals surface area contributed by atoms with Gasteiger partial charge in [0, 0.05) is 16.5 Å². The van der Waals surface area contributed by atoms with Gasteiger partial charge in [0.05, 0.1) is 0 Å². The van der Waals surface area contributed by atoms with Gasteiger partial charge in [-0.3, -0.25) is 10.1 Å². The number of carbonyl (C=O) groups is 1. The van der Waals surface area contributed by atoms with Crippen molar-refractivity contribution in [3.05, 3.63) is 41.8 Å². The number of benzene rings is 1. The lowest BCUT2D eigenvalue weighted by molar-refractivity contribution is 0.101. The van der Waals surface area contributed by atoms with Gasteiger partial charge in [-0.15, -0.1) is 16.9 Å². The Hall–Kier alpha value is -2.61. The standard InChI is InChI=1S/C14H12N4O3S/c1-8-7-11(18-21-8)12(19)15-14-17-16-13(20-14)9-3-5-10(22-2)6-4-9/h3-7H,1-2H3,(H,15,17,19). The normalized spacial score (nSPS) is 10.6. The van der Waals surface area contributed by atoms with E-state index in [1.54, 1.807) is 18.7 Å². The fourth-order valence-electron chi connectivity index (χ4n) is 1.76. The van der Waals surface area contributed by atoms with Crippen molar-refractivity contribution in [2.24, 2.45) is 0 Å². The van der Waals surface area contributed by atoms with Gasteiger partial charge in [0.15, 0.2) is 5.69 Å². The Bertz CT molecular complexity index is 795. The molecule has 1 N–H and O–H groups in total. The summed E-state index contributed by atoms with van der Waals surface area (Å²) in [6, 6.07) is 9.21. The van der Waals surface area contributed by atoms with Gasteiger partial charge in [0.25, 0.3) is 5.91 Å². The number of aryl methyl sites for hydroxylation is 1. The maximum atomic E-state index is 11.9. The van der Waals surface area contributed by atoms with Crippen LogP contribution in [0, 0.1) is 6.92 Å². The van der Waals surface area contributed by atoms with Crippen molar-refractivity contribution in [3.8, 4) is 11.5 Å². The van der Waals surface area contributed by atoms with E-state index in [2.05, 4.69) is 20.7 Å². The zero-order valence-corrected chi connectivity index (χ0v) is 12.7. The summed E-state index contributed by atoms with van der Waals surface area (Å²) in [6.07, 6.45) is 2.00. The number of thioether (sulfide) groups is 1. The van der Waals surface area contributed by atoms with Gasteiger partial charge in [-0.25, -0.2) is 0 Å². The van der Waals surface area contributed by atoms with E-state index >= 15 is 0 Å². The minimum atomic E-state index is -0.468. The fourth-order valence-corrected chi connectivity index (χ4v) is 2.17. The van der Waals surface area contributed by atoms with Crippen molar-refractivity contribution in [1.82, 2.24) is 15.4 Å². The molecule has 0 aliphatic rings. The monoisotopic (exact) mass is 316 g/mol. The van der Waals surface area contributed by atoms with Crippen LogP contribution in [0.15, 0.2) is 44.2 Å². The second-order valence-electron chi connectivity index (χ2n) is 4.42. The molecule has 0 saturated heterocycles. The summed E-state index contributed by atoms with van der Waals surface area (Å²) in [5.74, 6) is 0.411. The second-order valence-corrected chi connectivity index (χ2v) is 5.30. The van der Waals surface area contributed by atoms with Crippen LogP contribution in [0.3, 0.4) is 0 Å². The molecule has 0 fully saturated rings. The van der Waals surface area contributed by atoms with E-state index in [9.17, 15) is 4.79 Å². The Kier molecular flexibility index (Phi) is 3.92. The van der Waals surface area contributed by atoms with Crippen molar-refractivity contribution >= 4 is 23.7 Å². The molecule has 1 amide bonds. The Morgan fingerprint density at radius 2 is 2.00 bits per heavy atom. The first-order valence-electron chi connectivity index (χ1n) is 6.38. The predicted molar refractivity (Wildman–Crippen MR) is 80.7 cm³/mol. The van der Waals surface area contributed by atoms with E-state index in [1.807, 2.05) is 30.5 Å². The van der Waals surface area contributed by atoms with Crippen LogP contribution in [0.5, 0.6) is 0 Å². The molecule has 112 valence electrons. The second kappa shape index (κ2) is 6.02. The smallest absolute Gasteiger partial charge is 0.322 e. The van der Waals surface area contributed by atoms with E-state index in [0.717, 1.165) is 10.5 Å². The van der Waals surface area contributed by atoms with Gasteiger partial charge in [0.2, 0.25) is 5.89 Å². The van der Waals surface area contributed by atoms with E-state index < -0.39 is 5.91 Å². The van der Waals surface area contributed by atoms with Crippen LogP contribution in [0.2, 0.25) is 0 Å². The highest BCUT2D eigenvalue weighted by Gasteiger charge is 2.15. The quantitative estimate of drug-likeness (QED) is 0.739. The van der Waals surface area contributed by atoms with Gasteiger partial charge in [-0.05, 0) is 37.4 Å². The first-order valence-corrected chi connectivity index (χ1v) is 7.61. The molecule has 0 bridgehead atoms. The first kappa shape index (κ1) is 14.3. The summed E-state index contributed by atoms with van der Waals surface area (Å²) in [5.41, 5.74) is 0.935. The third-order valence-corrected chi connectivity index (χ3v) is 3.59. The number of amides is 1. The minimum Gasteiger partial charge on any atom is -0.403 e. The Balaban J connectivity index is 1.74. The van der Waals surface area contributed by atoms with Crippen LogP contribution < -0.4 is 5.32 Å². The summed E-state index contributed by atoms with van der Waals surface area (Å²) >= 11 is 1.65. The number of hydrogen-bond acceptors (Lipinski definition) is 7. The minimum absolute atomic E-state index is 0.00889. The van der Waals surface area contributed by atoms with E-state index in [0.29, 0.717) is 11.7 Å². The summed E-state index contributed by atoms with van der Waals surface area (Å²) in [7, 11) is 0. The summed E-state index contributed by atoms with van der Waals surface area (Å²) in [4.78, 5) is 13.0. The molecular formula is C14H12N4O3S. The molecule has 2 heterocycles. The lowest BCUT2D eigenvalue weighted by Gasteiger charge is -1.97. The van der Waals surface area contributed by atoms with Crippen LogP contribution in [-0.4, -0.2) is 27.5 Å². The molecule has 0 atom stereocenters. The van der Waals surface area contributed by atoms with Crippen LogP contribution in [0.25, 0.3) is 11.5 Å².